The largest absolute Gasteiger partial charge is 0.455 e. The molecule has 1 aromatic heterocycles. The third-order valence-corrected chi connectivity index (χ3v) is 3.86. The predicted octanol–water partition coefficient (Wildman–Crippen LogP) is 4.68. The summed E-state index contributed by atoms with van der Waals surface area (Å²) in [5.74, 6) is 0.315. The van der Waals surface area contributed by atoms with Gasteiger partial charge in [-0.05, 0) is 23.8 Å². The first kappa shape index (κ1) is 14.3. The van der Waals surface area contributed by atoms with Gasteiger partial charge in [-0.3, -0.25) is 4.79 Å². The van der Waals surface area contributed by atoms with Gasteiger partial charge in [0.15, 0.2) is 5.75 Å². The maximum atomic E-state index is 11.0. The molecule has 4 rings (SSSR count). The third kappa shape index (κ3) is 2.48. The molecule has 118 valence electrons. The van der Waals surface area contributed by atoms with Crippen molar-refractivity contribution in [3.05, 3.63) is 66.7 Å². The lowest BCUT2D eigenvalue weighted by Crippen LogP contribution is -2.23. The minimum Gasteiger partial charge on any atom is -0.455 e. The van der Waals surface area contributed by atoms with E-state index in [-0.39, 0.29) is 5.91 Å². The van der Waals surface area contributed by atoms with Crippen molar-refractivity contribution in [2.75, 3.05) is 0 Å². The SMILES string of the molecule is CC(=O)NOc1cccc(-c2cccc3c2oc2ccccc23)c1. The maximum Gasteiger partial charge on any atom is 0.249 e. The van der Waals surface area contributed by atoms with Crippen molar-refractivity contribution in [3.63, 3.8) is 0 Å². The van der Waals surface area contributed by atoms with Gasteiger partial charge in [0.2, 0.25) is 5.91 Å². The van der Waals surface area contributed by atoms with Crippen LogP contribution in [0.15, 0.2) is 71.1 Å². The summed E-state index contributed by atoms with van der Waals surface area (Å²) in [6.07, 6.45) is 0. The fourth-order valence-corrected chi connectivity index (χ4v) is 2.83. The Morgan fingerprint density at radius 3 is 2.62 bits per heavy atom. The number of rotatable bonds is 3. The zero-order valence-electron chi connectivity index (χ0n) is 13.1. The van der Waals surface area contributed by atoms with Crippen molar-refractivity contribution in [2.45, 2.75) is 6.92 Å². The highest BCUT2D eigenvalue weighted by Gasteiger charge is 2.12. The van der Waals surface area contributed by atoms with Gasteiger partial charge in [0.25, 0.3) is 0 Å². The summed E-state index contributed by atoms with van der Waals surface area (Å²) < 4.78 is 6.07. The Morgan fingerprint density at radius 2 is 1.75 bits per heavy atom. The van der Waals surface area contributed by atoms with E-state index in [1.165, 1.54) is 6.92 Å². The van der Waals surface area contributed by atoms with Crippen molar-refractivity contribution >= 4 is 27.8 Å². The number of hydrogen-bond acceptors (Lipinski definition) is 3. The first-order valence-corrected chi connectivity index (χ1v) is 7.66. The molecule has 1 N–H and O–H groups in total. The van der Waals surface area contributed by atoms with Crippen molar-refractivity contribution in [2.24, 2.45) is 0 Å². The van der Waals surface area contributed by atoms with Crippen molar-refractivity contribution in [3.8, 4) is 16.9 Å². The molecule has 0 fully saturated rings. The molecule has 4 aromatic rings. The molecule has 0 unspecified atom stereocenters. The van der Waals surface area contributed by atoms with Gasteiger partial charge in [-0.1, -0.05) is 48.5 Å². The quantitative estimate of drug-likeness (QED) is 0.558. The Balaban J connectivity index is 1.84. The molecule has 0 atom stereocenters. The molecule has 1 amide bonds. The summed E-state index contributed by atoms with van der Waals surface area (Å²) in [5.41, 5.74) is 5.99. The van der Waals surface area contributed by atoms with Crippen LogP contribution in [-0.2, 0) is 4.79 Å². The molecule has 0 saturated heterocycles. The molecule has 4 nitrogen and oxygen atoms in total. The lowest BCUT2D eigenvalue weighted by Gasteiger charge is -2.07. The van der Waals surface area contributed by atoms with Gasteiger partial charge in [-0.2, -0.15) is 5.48 Å². The maximum absolute atomic E-state index is 11.0. The van der Waals surface area contributed by atoms with Gasteiger partial charge < -0.3 is 9.25 Å². The summed E-state index contributed by atoms with van der Waals surface area (Å²) in [4.78, 5) is 16.3. The Morgan fingerprint density at radius 1 is 0.958 bits per heavy atom. The molecule has 0 radical (unpaired) electrons. The lowest BCUT2D eigenvalue weighted by molar-refractivity contribution is -0.125. The molecule has 0 aliphatic heterocycles. The summed E-state index contributed by atoms with van der Waals surface area (Å²) in [6.45, 7) is 1.40. The molecule has 1 heterocycles. The van der Waals surface area contributed by atoms with Crippen LogP contribution in [-0.4, -0.2) is 5.91 Å². The van der Waals surface area contributed by atoms with Gasteiger partial charge >= 0.3 is 0 Å². The van der Waals surface area contributed by atoms with Crippen LogP contribution in [0.3, 0.4) is 0 Å². The Kier molecular flexibility index (Phi) is 3.43. The average molecular weight is 317 g/mol. The summed E-state index contributed by atoms with van der Waals surface area (Å²) >= 11 is 0. The van der Waals surface area contributed by atoms with E-state index in [0.717, 1.165) is 33.1 Å². The smallest absolute Gasteiger partial charge is 0.249 e. The Bertz CT molecular complexity index is 1050. The minimum atomic E-state index is -0.250. The molecule has 0 aliphatic rings. The number of carbonyl (C=O) groups is 1. The van der Waals surface area contributed by atoms with Gasteiger partial charge in [0.1, 0.15) is 11.2 Å². The summed E-state index contributed by atoms with van der Waals surface area (Å²) in [7, 11) is 0. The molecule has 0 spiro atoms. The van der Waals surface area contributed by atoms with Gasteiger partial charge in [-0.15, -0.1) is 0 Å². The van der Waals surface area contributed by atoms with Crippen molar-refractivity contribution in [1.82, 2.24) is 5.48 Å². The number of para-hydroxylation sites is 2. The second-order valence-electron chi connectivity index (χ2n) is 5.57. The van der Waals surface area contributed by atoms with E-state index in [9.17, 15) is 4.79 Å². The van der Waals surface area contributed by atoms with Crippen LogP contribution in [0.5, 0.6) is 5.75 Å². The first-order valence-electron chi connectivity index (χ1n) is 7.66. The molecular formula is C20H15NO3. The predicted molar refractivity (Wildman–Crippen MR) is 93.6 cm³/mol. The summed E-state index contributed by atoms with van der Waals surface area (Å²) in [6, 6.07) is 21.6. The van der Waals surface area contributed by atoms with E-state index in [1.54, 1.807) is 6.07 Å². The first-order chi connectivity index (χ1) is 11.7. The molecule has 0 bridgehead atoms. The molecule has 24 heavy (non-hydrogen) atoms. The number of amides is 1. The van der Waals surface area contributed by atoms with Crippen LogP contribution in [0.25, 0.3) is 33.1 Å². The molecule has 4 heteroatoms. The van der Waals surface area contributed by atoms with Gasteiger partial charge in [0, 0.05) is 23.3 Å². The normalized spacial score (nSPS) is 10.9. The molecule has 3 aromatic carbocycles. The van der Waals surface area contributed by atoms with E-state index in [2.05, 4.69) is 17.6 Å². The average Bonchev–Trinajstić information content (AvgIpc) is 2.99. The number of benzene rings is 3. The number of fused-ring (bicyclic) bond motifs is 3. The van der Waals surface area contributed by atoms with Crippen molar-refractivity contribution in [1.29, 1.82) is 0 Å². The topological polar surface area (TPSA) is 51.5 Å². The minimum absolute atomic E-state index is 0.250. The molecular weight excluding hydrogens is 302 g/mol. The number of hydrogen-bond donors (Lipinski definition) is 1. The van der Waals surface area contributed by atoms with Crippen LogP contribution < -0.4 is 10.3 Å². The van der Waals surface area contributed by atoms with Gasteiger partial charge in [-0.25, -0.2) is 0 Å². The van der Waals surface area contributed by atoms with Crippen molar-refractivity contribution < 1.29 is 14.0 Å². The zero-order chi connectivity index (χ0) is 16.5. The summed E-state index contributed by atoms with van der Waals surface area (Å²) in [5, 5.41) is 2.18. The number of nitrogens with one attached hydrogen (secondary N) is 1. The van der Waals surface area contributed by atoms with Gasteiger partial charge in [0.05, 0.1) is 0 Å². The fourth-order valence-electron chi connectivity index (χ4n) is 2.83. The third-order valence-electron chi connectivity index (χ3n) is 3.86. The van der Waals surface area contributed by atoms with E-state index >= 15 is 0 Å². The zero-order valence-corrected chi connectivity index (χ0v) is 13.1. The van der Waals surface area contributed by atoms with E-state index in [1.807, 2.05) is 48.5 Å². The van der Waals surface area contributed by atoms with E-state index < -0.39 is 0 Å². The highest BCUT2D eigenvalue weighted by atomic mass is 16.7. The molecule has 0 aliphatic carbocycles. The van der Waals surface area contributed by atoms with Crippen LogP contribution in [0.1, 0.15) is 6.92 Å². The highest BCUT2D eigenvalue weighted by Crippen LogP contribution is 2.36. The van der Waals surface area contributed by atoms with Crippen LogP contribution in [0, 0.1) is 0 Å². The Labute approximate surface area is 138 Å². The fraction of sp³-hybridized carbons (Fsp3) is 0.0500. The standard InChI is InChI=1S/C20H15NO3/c1-13(22)21-24-15-7-4-6-14(12-15)16-9-5-10-18-17-8-2-3-11-19(17)23-20(16)18/h2-12H,1H3,(H,21,22). The number of carbonyl (C=O) groups excluding carboxylic acids is 1. The second-order valence-corrected chi connectivity index (χ2v) is 5.57. The van der Waals surface area contributed by atoms with E-state index in [0.29, 0.717) is 5.75 Å². The monoisotopic (exact) mass is 317 g/mol. The van der Waals surface area contributed by atoms with Crippen LogP contribution in [0.2, 0.25) is 0 Å². The number of furan rings is 1. The molecule has 0 saturated carbocycles. The van der Waals surface area contributed by atoms with E-state index in [4.69, 9.17) is 9.25 Å². The van der Waals surface area contributed by atoms with Crippen LogP contribution >= 0.6 is 0 Å². The van der Waals surface area contributed by atoms with Crippen LogP contribution in [0.4, 0.5) is 0 Å². The Hall–Kier alpha value is -3.27. The highest BCUT2D eigenvalue weighted by molar-refractivity contribution is 6.09. The second kappa shape index (κ2) is 5.74. The number of hydroxylamine groups is 1. The lowest BCUT2D eigenvalue weighted by atomic mass is 10.0.